The average molecular weight is 425 g/mol. The van der Waals surface area contributed by atoms with E-state index in [1.54, 1.807) is 25.6 Å². The van der Waals surface area contributed by atoms with Gasteiger partial charge in [-0.05, 0) is 44.2 Å². The topological polar surface area (TPSA) is 96.9 Å². The first kappa shape index (κ1) is 23.7. The van der Waals surface area contributed by atoms with Crippen molar-refractivity contribution < 1.29 is 24.2 Å². The molecule has 0 saturated carbocycles. The van der Waals surface area contributed by atoms with E-state index in [0.29, 0.717) is 13.2 Å². The molecule has 3 N–H and O–H groups in total. The van der Waals surface area contributed by atoms with E-state index in [0.717, 1.165) is 10.5 Å². The van der Waals surface area contributed by atoms with Gasteiger partial charge in [0.15, 0.2) is 5.79 Å². The molecule has 29 heavy (non-hydrogen) atoms. The monoisotopic (exact) mass is 424 g/mol. The Kier molecular flexibility index (Phi) is 8.10. The molecule has 8 heteroatoms. The number of carbonyl (C=O) groups is 2. The number of carbonyl (C=O) groups excluding carboxylic acids is 2. The van der Waals surface area contributed by atoms with Crippen LogP contribution in [0.15, 0.2) is 29.2 Å². The second-order valence-electron chi connectivity index (χ2n) is 8.34. The first-order valence-corrected chi connectivity index (χ1v) is 10.9. The number of amides is 2. The molecule has 2 rings (SSSR count). The smallest absolute Gasteiger partial charge is 0.249 e. The number of aliphatic hydroxyl groups is 1. The summed E-state index contributed by atoms with van der Waals surface area (Å²) in [5.74, 6) is -1.56. The molecular formula is C21H32N2O5S. The van der Waals surface area contributed by atoms with Crippen molar-refractivity contribution >= 4 is 23.6 Å². The van der Waals surface area contributed by atoms with Gasteiger partial charge in [-0.1, -0.05) is 26.0 Å². The van der Waals surface area contributed by atoms with Gasteiger partial charge in [0.25, 0.3) is 0 Å². The lowest BCUT2D eigenvalue weighted by Gasteiger charge is -2.44. The van der Waals surface area contributed by atoms with E-state index in [2.05, 4.69) is 10.6 Å². The molecular weight excluding hydrogens is 392 g/mol. The Morgan fingerprint density at radius 1 is 1.21 bits per heavy atom. The fourth-order valence-corrected chi connectivity index (χ4v) is 3.34. The summed E-state index contributed by atoms with van der Waals surface area (Å²) in [7, 11) is 0. The minimum absolute atomic E-state index is 0.121. The van der Waals surface area contributed by atoms with E-state index in [4.69, 9.17) is 9.47 Å². The first-order chi connectivity index (χ1) is 13.5. The Morgan fingerprint density at radius 3 is 2.48 bits per heavy atom. The summed E-state index contributed by atoms with van der Waals surface area (Å²) in [5, 5.41) is 15.5. The first-order valence-electron chi connectivity index (χ1n) is 9.72. The highest BCUT2D eigenvalue weighted by Gasteiger charge is 2.45. The Morgan fingerprint density at radius 2 is 1.86 bits per heavy atom. The van der Waals surface area contributed by atoms with Crippen molar-refractivity contribution in [3.05, 3.63) is 29.8 Å². The standard InChI is InChI=1S/C21H32N2O5S/c1-20(2)13-27-21(3,4)28-17(20)19(26)22-11-10-16(24)18(25)23-12-14-6-8-15(29-5)9-7-14/h6-9,16-17,24H,10-13H2,1-5H3,(H,22,26)(H,23,25). The van der Waals surface area contributed by atoms with E-state index in [-0.39, 0.29) is 18.9 Å². The molecule has 1 aromatic carbocycles. The second-order valence-corrected chi connectivity index (χ2v) is 9.22. The van der Waals surface area contributed by atoms with Crippen LogP contribution in [0.2, 0.25) is 0 Å². The summed E-state index contributed by atoms with van der Waals surface area (Å²) >= 11 is 1.65. The summed E-state index contributed by atoms with van der Waals surface area (Å²) in [4.78, 5) is 25.8. The van der Waals surface area contributed by atoms with E-state index in [1.165, 1.54) is 0 Å². The molecule has 2 atom stereocenters. The van der Waals surface area contributed by atoms with Crippen molar-refractivity contribution in [3.8, 4) is 0 Å². The summed E-state index contributed by atoms with van der Waals surface area (Å²) in [6.45, 7) is 8.27. The highest BCUT2D eigenvalue weighted by molar-refractivity contribution is 7.98. The van der Waals surface area contributed by atoms with Gasteiger partial charge in [0, 0.05) is 23.4 Å². The number of aliphatic hydroxyl groups excluding tert-OH is 1. The quantitative estimate of drug-likeness (QED) is 0.553. The predicted octanol–water partition coefficient (Wildman–Crippen LogP) is 2.07. The van der Waals surface area contributed by atoms with Crippen molar-refractivity contribution in [1.82, 2.24) is 10.6 Å². The molecule has 0 bridgehead atoms. The molecule has 0 spiro atoms. The lowest BCUT2D eigenvalue weighted by molar-refractivity contribution is -0.304. The van der Waals surface area contributed by atoms with Crippen LogP contribution < -0.4 is 10.6 Å². The molecule has 1 heterocycles. The van der Waals surface area contributed by atoms with Crippen LogP contribution in [0.4, 0.5) is 0 Å². The van der Waals surface area contributed by atoms with Crippen molar-refractivity contribution in [3.63, 3.8) is 0 Å². The molecule has 0 radical (unpaired) electrons. The van der Waals surface area contributed by atoms with Gasteiger partial charge < -0.3 is 25.2 Å². The zero-order valence-corrected chi connectivity index (χ0v) is 18.6. The molecule has 0 aliphatic carbocycles. The number of thioether (sulfide) groups is 1. The van der Waals surface area contributed by atoms with E-state index >= 15 is 0 Å². The number of benzene rings is 1. The van der Waals surface area contributed by atoms with Gasteiger partial charge in [-0.2, -0.15) is 0 Å². The molecule has 0 aromatic heterocycles. The highest BCUT2D eigenvalue weighted by Crippen LogP contribution is 2.34. The third-order valence-electron chi connectivity index (χ3n) is 4.79. The maximum absolute atomic E-state index is 12.5. The molecule has 1 aromatic rings. The molecule has 2 amide bonds. The van der Waals surface area contributed by atoms with Gasteiger partial charge in [0.2, 0.25) is 11.8 Å². The average Bonchev–Trinajstić information content (AvgIpc) is 2.68. The van der Waals surface area contributed by atoms with Gasteiger partial charge in [-0.25, -0.2) is 0 Å². The Hall–Kier alpha value is -1.61. The predicted molar refractivity (Wildman–Crippen MR) is 112 cm³/mol. The van der Waals surface area contributed by atoms with Crippen LogP contribution in [-0.4, -0.2) is 54.3 Å². The van der Waals surface area contributed by atoms with Crippen molar-refractivity contribution in [2.45, 2.75) is 63.6 Å². The van der Waals surface area contributed by atoms with Gasteiger partial charge >= 0.3 is 0 Å². The molecule has 1 fully saturated rings. The third kappa shape index (κ3) is 6.99. The molecule has 1 aliphatic heterocycles. The van der Waals surface area contributed by atoms with E-state index in [9.17, 15) is 14.7 Å². The van der Waals surface area contributed by atoms with Crippen molar-refractivity contribution in [2.24, 2.45) is 5.41 Å². The maximum atomic E-state index is 12.5. The fourth-order valence-electron chi connectivity index (χ4n) is 2.93. The molecule has 1 saturated heterocycles. The van der Waals surface area contributed by atoms with Crippen LogP contribution in [0.25, 0.3) is 0 Å². The largest absolute Gasteiger partial charge is 0.383 e. The molecule has 2 unspecified atom stereocenters. The van der Waals surface area contributed by atoms with Gasteiger partial charge in [-0.15, -0.1) is 11.8 Å². The summed E-state index contributed by atoms with van der Waals surface area (Å²) in [5.41, 5.74) is 0.486. The Bertz CT molecular complexity index is 706. The highest BCUT2D eigenvalue weighted by atomic mass is 32.2. The van der Waals surface area contributed by atoms with Crippen LogP contribution in [-0.2, 0) is 25.6 Å². The van der Waals surface area contributed by atoms with E-state index in [1.807, 2.05) is 44.4 Å². The number of rotatable bonds is 8. The minimum atomic E-state index is -1.19. The molecule has 1 aliphatic rings. The van der Waals surface area contributed by atoms with Gasteiger partial charge in [0.1, 0.15) is 12.2 Å². The van der Waals surface area contributed by atoms with Crippen LogP contribution in [0.3, 0.4) is 0 Å². The summed E-state index contributed by atoms with van der Waals surface area (Å²) in [6.07, 6.45) is 0.264. The number of nitrogens with one attached hydrogen (secondary N) is 2. The molecule has 162 valence electrons. The fraction of sp³-hybridized carbons (Fsp3) is 0.619. The van der Waals surface area contributed by atoms with Gasteiger partial charge in [-0.3, -0.25) is 9.59 Å². The zero-order chi connectivity index (χ0) is 21.7. The molecule has 7 nitrogen and oxygen atoms in total. The number of ether oxygens (including phenoxy) is 2. The van der Waals surface area contributed by atoms with E-state index < -0.39 is 29.3 Å². The van der Waals surface area contributed by atoms with Gasteiger partial charge in [0.05, 0.1) is 6.61 Å². The number of hydrogen-bond donors (Lipinski definition) is 3. The minimum Gasteiger partial charge on any atom is -0.383 e. The maximum Gasteiger partial charge on any atom is 0.249 e. The summed E-state index contributed by atoms with van der Waals surface area (Å²) < 4.78 is 11.4. The lowest BCUT2D eigenvalue weighted by atomic mass is 9.85. The zero-order valence-electron chi connectivity index (χ0n) is 17.8. The normalized spacial score (nSPS) is 21.2. The van der Waals surface area contributed by atoms with Crippen LogP contribution in [0.5, 0.6) is 0 Å². The lowest BCUT2D eigenvalue weighted by Crippen LogP contribution is -2.56. The summed E-state index contributed by atoms with van der Waals surface area (Å²) in [6, 6.07) is 7.85. The van der Waals surface area contributed by atoms with Crippen LogP contribution >= 0.6 is 11.8 Å². The SMILES string of the molecule is CSc1ccc(CNC(=O)C(O)CCNC(=O)C2OC(C)(C)OCC2(C)C)cc1. The second kappa shape index (κ2) is 9.93. The number of hydrogen-bond acceptors (Lipinski definition) is 6. The Labute approximate surface area is 176 Å². The van der Waals surface area contributed by atoms with Crippen molar-refractivity contribution in [1.29, 1.82) is 0 Å². The van der Waals surface area contributed by atoms with Crippen LogP contribution in [0.1, 0.15) is 39.7 Å². The third-order valence-corrected chi connectivity index (χ3v) is 5.53. The van der Waals surface area contributed by atoms with Crippen LogP contribution in [0, 0.1) is 5.41 Å². The van der Waals surface area contributed by atoms with Crippen molar-refractivity contribution in [2.75, 3.05) is 19.4 Å². The Balaban J connectivity index is 1.75.